The fourth-order valence-corrected chi connectivity index (χ4v) is 4.16. The van der Waals surface area contributed by atoms with E-state index in [0.717, 1.165) is 16.1 Å². The maximum absolute atomic E-state index is 13.0. The van der Waals surface area contributed by atoms with Gasteiger partial charge in [0.1, 0.15) is 6.04 Å². The van der Waals surface area contributed by atoms with Crippen molar-refractivity contribution >= 4 is 33.2 Å². The number of carbonyl (C=O) groups excluding carboxylic acids is 2. The van der Waals surface area contributed by atoms with Crippen molar-refractivity contribution in [2.24, 2.45) is 5.92 Å². The molecule has 30 heavy (non-hydrogen) atoms. The lowest BCUT2D eigenvalue weighted by Crippen LogP contribution is -2.45. The van der Waals surface area contributed by atoms with Crippen LogP contribution in [0, 0.1) is 12.8 Å². The van der Waals surface area contributed by atoms with Gasteiger partial charge in [0.15, 0.2) is 0 Å². The Kier molecular flexibility index (Phi) is 7.61. The number of rotatable bonds is 8. The normalized spacial score (nSPS) is 12.3. The van der Waals surface area contributed by atoms with Gasteiger partial charge in [-0.05, 0) is 49.6 Å². The molecule has 0 saturated heterocycles. The lowest BCUT2D eigenvalue weighted by atomic mass is 10.1. The number of aryl methyl sites for hydroxylation is 1. The molecule has 8 heteroatoms. The van der Waals surface area contributed by atoms with E-state index in [9.17, 15) is 18.0 Å². The predicted molar refractivity (Wildman–Crippen MR) is 120 cm³/mol. The van der Waals surface area contributed by atoms with Crippen LogP contribution in [-0.4, -0.2) is 39.1 Å². The van der Waals surface area contributed by atoms with Crippen LogP contribution >= 0.6 is 0 Å². The molecule has 0 fully saturated rings. The Morgan fingerprint density at radius 2 is 1.70 bits per heavy atom. The van der Waals surface area contributed by atoms with E-state index in [1.807, 2.05) is 26.8 Å². The van der Waals surface area contributed by atoms with E-state index in [4.69, 9.17) is 0 Å². The molecular weight excluding hydrogens is 402 g/mol. The molecule has 0 aromatic heterocycles. The van der Waals surface area contributed by atoms with Crippen molar-refractivity contribution in [3.63, 3.8) is 0 Å². The topological polar surface area (TPSA) is 95.6 Å². The summed E-state index contributed by atoms with van der Waals surface area (Å²) in [5.74, 6) is -0.551. The number of hydrogen-bond donors (Lipinski definition) is 2. The Morgan fingerprint density at radius 1 is 1.03 bits per heavy atom. The van der Waals surface area contributed by atoms with E-state index in [0.29, 0.717) is 23.5 Å². The molecule has 2 aromatic carbocycles. The highest BCUT2D eigenvalue weighted by Crippen LogP contribution is 2.23. The lowest BCUT2D eigenvalue weighted by Gasteiger charge is -2.28. The SMILES string of the molecule is Cc1cccc(N([C@@H](C)C(=O)Nc2ccccc2C(=O)NCC(C)C)S(C)(=O)=O)c1. The molecule has 0 aliphatic carbocycles. The van der Waals surface area contributed by atoms with Gasteiger partial charge < -0.3 is 10.6 Å². The number of carbonyl (C=O) groups is 2. The summed E-state index contributed by atoms with van der Waals surface area (Å²) < 4.78 is 26.0. The summed E-state index contributed by atoms with van der Waals surface area (Å²) in [4.78, 5) is 25.5. The van der Waals surface area contributed by atoms with Crippen LogP contribution in [0.1, 0.15) is 36.7 Å². The van der Waals surface area contributed by atoms with Crippen LogP contribution in [0.2, 0.25) is 0 Å². The number of para-hydroxylation sites is 1. The third-order valence-corrected chi connectivity index (χ3v) is 5.69. The molecule has 0 heterocycles. The van der Waals surface area contributed by atoms with Crippen LogP contribution in [0.15, 0.2) is 48.5 Å². The molecule has 0 unspecified atom stereocenters. The first-order valence-corrected chi connectivity index (χ1v) is 11.6. The summed E-state index contributed by atoms with van der Waals surface area (Å²) >= 11 is 0. The fourth-order valence-electron chi connectivity index (χ4n) is 2.99. The van der Waals surface area contributed by atoms with Gasteiger partial charge in [0.2, 0.25) is 15.9 Å². The van der Waals surface area contributed by atoms with E-state index >= 15 is 0 Å². The van der Waals surface area contributed by atoms with Crippen LogP contribution in [-0.2, 0) is 14.8 Å². The summed E-state index contributed by atoms with van der Waals surface area (Å²) in [5, 5.41) is 5.53. The van der Waals surface area contributed by atoms with E-state index in [-0.39, 0.29) is 11.8 Å². The van der Waals surface area contributed by atoms with Gasteiger partial charge in [-0.25, -0.2) is 8.42 Å². The standard InChI is InChI=1S/C22H29N3O4S/c1-15(2)14-23-22(27)19-11-6-7-12-20(19)24-21(26)17(4)25(30(5,28)29)18-10-8-9-16(3)13-18/h6-13,15,17H,14H2,1-5H3,(H,23,27)(H,24,26)/t17-/m0/s1. The zero-order valence-corrected chi connectivity index (χ0v) is 18.8. The number of benzene rings is 2. The number of nitrogens with zero attached hydrogens (tertiary/aromatic N) is 1. The maximum atomic E-state index is 13.0. The average molecular weight is 432 g/mol. The van der Waals surface area contributed by atoms with Crippen molar-refractivity contribution in [1.29, 1.82) is 0 Å². The molecule has 0 aliphatic rings. The van der Waals surface area contributed by atoms with Crippen LogP contribution in [0.3, 0.4) is 0 Å². The second kappa shape index (κ2) is 9.75. The van der Waals surface area contributed by atoms with Gasteiger partial charge in [-0.1, -0.05) is 38.1 Å². The quantitative estimate of drug-likeness (QED) is 0.671. The second-order valence-electron chi connectivity index (χ2n) is 7.71. The fraction of sp³-hybridized carbons (Fsp3) is 0.364. The number of nitrogens with one attached hydrogen (secondary N) is 2. The van der Waals surface area contributed by atoms with Crippen molar-refractivity contribution in [1.82, 2.24) is 5.32 Å². The monoisotopic (exact) mass is 431 g/mol. The summed E-state index contributed by atoms with van der Waals surface area (Å²) in [6.45, 7) is 7.84. The van der Waals surface area contributed by atoms with Gasteiger partial charge in [-0.3, -0.25) is 13.9 Å². The van der Waals surface area contributed by atoms with Crippen molar-refractivity contribution in [3.8, 4) is 0 Å². The summed E-state index contributed by atoms with van der Waals surface area (Å²) in [7, 11) is -3.72. The molecule has 0 aliphatic heterocycles. The van der Waals surface area contributed by atoms with Crippen LogP contribution in [0.4, 0.5) is 11.4 Å². The first kappa shape index (κ1) is 23.4. The highest BCUT2D eigenvalue weighted by molar-refractivity contribution is 7.92. The Labute approximate surface area is 178 Å². The van der Waals surface area contributed by atoms with Crippen molar-refractivity contribution < 1.29 is 18.0 Å². The van der Waals surface area contributed by atoms with Crippen molar-refractivity contribution in [2.75, 3.05) is 22.4 Å². The van der Waals surface area contributed by atoms with E-state index in [1.165, 1.54) is 6.92 Å². The Balaban J connectivity index is 2.29. The van der Waals surface area contributed by atoms with Gasteiger partial charge in [0, 0.05) is 6.54 Å². The van der Waals surface area contributed by atoms with Crippen molar-refractivity contribution in [2.45, 2.75) is 33.7 Å². The van der Waals surface area contributed by atoms with Crippen LogP contribution < -0.4 is 14.9 Å². The zero-order valence-electron chi connectivity index (χ0n) is 18.0. The number of hydrogen-bond acceptors (Lipinski definition) is 4. The van der Waals surface area contributed by atoms with Gasteiger partial charge in [0.25, 0.3) is 5.91 Å². The molecule has 2 N–H and O–H groups in total. The number of sulfonamides is 1. The van der Waals surface area contributed by atoms with Gasteiger partial charge in [-0.15, -0.1) is 0 Å². The van der Waals surface area contributed by atoms with Gasteiger partial charge in [-0.2, -0.15) is 0 Å². The van der Waals surface area contributed by atoms with Gasteiger partial charge in [0.05, 0.1) is 23.2 Å². The lowest BCUT2D eigenvalue weighted by molar-refractivity contribution is -0.116. The van der Waals surface area contributed by atoms with Crippen LogP contribution in [0.5, 0.6) is 0 Å². The Hall–Kier alpha value is -2.87. The molecule has 2 aromatic rings. The average Bonchev–Trinajstić information content (AvgIpc) is 2.65. The maximum Gasteiger partial charge on any atom is 0.253 e. The van der Waals surface area contributed by atoms with Crippen molar-refractivity contribution in [3.05, 3.63) is 59.7 Å². The van der Waals surface area contributed by atoms with Gasteiger partial charge >= 0.3 is 0 Å². The molecule has 162 valence electrons. The van der Waals surface area contributed by atoms with E-state index in [1.54, 1.807) is 42.5 Å². The first-order chi connectivity index (χ1) is 14.0. The Bertz CT molecular complexity index is 1020. The summed E-state index contributed by atoms with van der Waals surface area (Å²) in [6.07, 6.45) is 1.06. The molecule has 0 saturated carbocycles. The predicted octanol–water partition coefficient (Wildman–Crippen LogP) is 3.17. The molecule has 2 rings (SSSR count). The smallest absolute Gasteiger partial charge is 0.253 e. The van der Waals surface area contributed by atoms with Crippen LogP contribution in [0.25, 0.3) is 0 Å². The second-order valence-corrected chi connectivity index (χ2v) is 9.57. The molecule has 1 atom stereocenters. The molecular formula is C22H29N3O4S. The first-order valence-electron chi connectivity index (χ1n) is 9.75. The zero-order chi connectivity index (χ0) is 22.5. The van der Waals surface area contributed by atoms with E-state index < -0.39 is 22.0 Å². The summed E-state index contributed by atoms with van der Waals surface area (Å²) in [5.41, 5.74) is 1.93. The third kappa shape index (κ3) is 6.06. The number of anilines is 2. The molecule has 7 nitrogen and oxygen atoms in total. The molecule has 0 spiro atoms. The third-order valence-electron chi connectivity index (χ3n) is 4.45. The largest absolute Gasteiger partial charge is 0.352 e. The number of amides is 2. The Morgan fingerprint density at radius 3 is 2.30 bits per heavy atom. The summed E-state index contributed by atoms with van der Waals surface area (Å²) in [6, 6.07) is 12.6. The molecule has 2 amide bonds. The minimum atomic E-state index is -3.72. The molecule has 0 bridgehead atoms. The molecule has 0 radical (unpaired) electrons. The van der Waals surface area contributed by atoms with E-state index in [2.05, 4.69) is 10.6 Å². The highest BCUT2D eigenvalue weighted by Gasteiger charge is 2.29. The minimum Gasteiger partial charge on any atom is -0.352 e. The highest BCUT2D eigenvalue weighted by atomic mass is 32.2. The minimum absolute atomic E-state index is 0.286.